The van der Waals surface area contributed by atoms with E-state index in [-0.39, 0.29) is 18.4 Å². The summed E-state index contributed by atoms with van der Waals surface area (Å²) in [6, 6.07) is 0. The lowest BCUT2D eigenvalue weighted by Crippen LogP contribution is -2.38. The van der Waals surface area contributed by atoms with Gasteiger partial charge < -0.3 is 15.5 Å². The largest absolute Gasteiger partial charge is 0.481 e. The van der Waals surface area contributed by atoms with E-state index in [1.54, 1.807) is 6.92 Å². The Hall–Kier alpha value is -1.10. The van der Waals surface area contributed by atoms with Gasteiger partial charge in [-0.1, -0.05) is 6.92 Å². The number of hydrogen-bond acceptors (Lipinski definition) is 3. The van der Waals surface area contributed by atoms with Crippen LogP contribution in [-0.4, -0.2) is 34.7 Å². The number of carboxylic acid groups (broad SMARTS) is 1. The first-order chi connectivity index (χ1) is 7.41. The van der Waals surface area contributed by atoms with Gasteiger partial charge >= 0.3 is 5.97 Å². The molecule has 0 saturated heterocycles. The number of aliphatic carboxylic acids is 1. The molecule has 1 rings (SSSR count). The Labute approximate surface area is 94.8 Å². The molecule has 0 aromatic rings. The molecule has 0 radical (unpaired) electrons. The minimum absolute atomic E-state index is 0.177. The number of rotatable bonds is 4. The van der Waals surface area contributed by atoms with Gasteiger partial charge in [-0.05, 0) is 25.7 Å². The van der Waals surface area contributed by atoms with E-state index in [1.807, 2.05) is 6.92 Å². The number of carbonyl (C=O) groups is 2. The molecule has 5 nitrogen and oxygen atoms in total. The summed E-state index contributed by atoms with van der Waals surface area (Å²) in [5, 5.41) is 20.6. The van der Waals surface area contributed by atoms with Crippen molar-refractivity contribution in [3.63, 3.8) is 0 Å². The molecule has 0 spiro atoms. The van der Waals surface area contributed by atoms with Crippen LogP contribution < -0.4 is 5.32 Å². The summed E-state index contributed by atoms with van der Waals surface area (Å²) in [5.74, 6) is -1.92. The SMILES string of the molecule is CC1CC(C(=O)O)C(C(=O)NC[C@H](C)O)C1. The van der Waals surface area contributed by atoms with Crippen molar-refractivity contribution < 1.29 is 19.8 Å². The zero-order chi connectivity index (χ0) is 12.3. The van der Waals surface area contributed by atoms with Crippen molar-refractivity contribution in [1.82, 2.24) is 5.32 Å². The van der Waals surface area contributed by atoms with E-state index >= 15 is 0 Å². The Morgan fingerprint density at radius 2 is 1.94 bits per heavy atom. The molecular weight excluding hydrogens is 210 g/mol. The van der Waals surface area contributed by atoms with Crippen molar-refractivity contribution in [2.45, 2.75) is 32.8 Å². The molecule has 0 aromatic carbocycles. The maximum Gasteiger partial charge on any atom is 0.307 e. The second-order valence-electron chi connectivity index (χ2n) is 4.72. The third kappa shape index (κ3) is 3.20. The van der Waals surface area contributed by atoms with Gasteiger partial charge in [0.1, 0.15) is 0 Å². The van der Waals surface area contributed by atoms with Crippen molar-refractivity contribution in [1.29, 1.82) is 0 Å². The fourth-order valence-electron chi connectivity index (χ4n) is 2.23. The number of carboxylic acids is 1. The number of hydrogen-bond donors (Lipinski definition) is 3. The fraction of sp³-hybridized carbons (Fsp3) is 0.818. The summed E-state index contributed by atoms with van der Waals surface area (Å²) in [7, 11) is 0. The van der Waals surface area contributed by atoms with E-state index in [0.717, 1.165) is 0 Å². The highest BCUT2D eigenvalue weighted by molar-refractivity contribution is 5.85. The summed E-state index contributed by atoms with van der Waals surface area (Å²) in [5.41, 5.74) is 0. The van der Waals surface area contributed by atoms with E-state index in [2.05, 4.69) is 5.32 Å². The number of aliphatic hydroxyl groups excluding tert-OH is 1. The maximum absolute atomic E-state index is 11.7. The van der Waals surface area contributed by atoms with Crippen LogP contribution in [0.4, 0.5) is 0 Å². The molecule has 5 heteroatoms. The first-order valence-electron chi connectivity index (χ1n) is 5.60. The molecule has 1 aliphatic rings. The second kappa shape index (κ2) is 5.30. The average Bonchev–Trinajstić information content (AvgIpc) is 2.56. The highest BCUT2D eigenvalue weighted by atomic mass is 16.4. The van der Waals surface area contributed by atoms with E-state index in [4.69, 9.17) is 10.2 Å². The second-order valence-corrected chi connectivity index (χ2v) is 4.72. The van der Waals surface area contributed by atoms with Crippen molar-refractivity contribution in [2.24, 2.45) is 17.8 Å². The Morgan fingerprint density at radius 1 is 1.38 bits per heavy atom. The summed E-state index contributed by atoms with van der Waals surface area (Å²) in [6.07, 6.45) is 0.566. The van der Waals surface area contributed by atoms with Gasteiger partial charge in [0.15, 0.2) is 0 Å². The zero-order valence-electron chi connectivity index (χ0n) is 9.64. The lowest BCUT2D eigenvalue weighted by molar-refractivity contribution is -0.146. The molecule has 3 unspecified atom stereocenters. The molecule has 0 bridgehead atoms. The normalized spacial score (nSPS) is 31.1. The fourth-order valence-corrected chi connectivity index (χ4v) is 2.23. The summed E-state index contributed by atoms with van der Waals surface area (Å²) < 4.78 is 0. The Bertz CT molecular complexity index is 277. The van der Waals surface area contributed by atoms with Crippen LogP contribution in [0.2, 0.25) is 0 Å². The zero-order valence-corrected chi connectivity index (χ0v) is 9.64. The van der Waals surface area contributed by atoms with Crippen molar-refractivity contribution >= 4 is 11.9 Å². The van der Waals surface area contributed by atoms with Gasteiger partial charge in [0, 0.05) is 6.54 Å². The molecule has 92 valence electrons. The Balaban J connectivity index is 2.56. The molecule has 16 heavy (non-hydrogen) atoms. The van der Waals surface area contributed by atoms with Crippen LogP contribution in [0.3, 0.4) is 0 Å². The van der Waals surface area contributed by atoms with Crippen LogP contribution in [0.25, 0.3) is 0 Å². The molecular formula is C11H19NO4. The monoisotopic (exact) mass is 229 g/mol. The van der Waals surface area contributed by atoms with Gasteiger partial charge in [0.25, 0.3) is 0 Å². The predicted molar refractivity (Wildman–Crippen MR) is 57.7 cm³/mol. The molecule has 0 aromatic heterocycles. The van der Waals surface area contributed by atoms with Crippen molar-refractivity contribution in [3.05, 3.63) is 0 Å². The predicted octanol–water partition coefficient (Wildman–Crippen LogP) is 0.230. The molecule has 1 aliphatic carbocycles. The number of nitrogens with one attached hydrogen (secondary N) is 1. The number of aliphatic hydroxyl groups is 1. The summed E-state index contributed by atoms with van der Waals surface area (Å²) in [6.45, 7) is 3.71. The van der Waals surface area contributed by atoms with E-state index in [0.29, 0.717) is 12.8 Å². The maximum atomic E-state index is 11.7. The molecule has 1 amide bonds. The van der Waals surface area contributed by atoms with Gasteiger partial charge in [-0.15, -0.1) is 0 Å². The molecule has 4 atom stereocenters. The van der Waals surface area contributed by atoms with Gasteiger partial charge in [0.05, 0.1) is 17.9 Å². The van der Waals surface area contributed by atoms with E-state index in [9.17, 15) is 9.59 Å². The number of amides is 1. The van der Waals surface area contributed by atoms with Crippen LogP contribution in [-0.2, 0) is 9.59 Å². The molecule has 0 aliphatic heterocycles. The standard InChI is InChI=1S/C11H19NO4/c1-6-3-8(9(4-6)11(15)16)10(14)12-5-7(2)13/h6-9,13H,3-5H2,1-2H3,(H,12,14)(H,15,16)/t6?,7-,8?,9?/m0/s1. The van der Waals surface area contributed by atoms with Crippen LogP contribution in [0.15, 0.2) is 0 Å². The van der Waals surface area contributed by atoms with Crippen molar-refractivity contribution in [3.8, 4) is 0 Å². The first kappa shape index (κ1) is 13.0. The Kier molecular flexibility index (Phi) is 4.29. The molecule has 1 fully saturated rings. The Morgan fingerprint density at radius 3 is 2.44 bits per heavy atom. The van der Waals surface area contributed by atoms with Crippen molar-refractivity contribution in [2.75, 3.05) is 6.54 Å². The molecule has 3 N–H and O–H groups in total. The van der Waals surface area contributed by atoms with Crippen LogP contribution in [0.1, 0.15) is 26.7 Å². The topological polar surface area (TPSA) is 86.6 Å². The number of carbonyl (C=O) groups excluding carboxylic acids is 1. The van der Waals surface area contributed by atoms with E-state index < -0.39 is 23.9 Å². The highest BCUT2D eigenvalue weighted by Gasteiger charge is 2.40. The lowest BCUT2D eigenvalue weighted by Gasteiger charge is -2.16. The van der Waals surface area contributed by atoms with Gasteiger partial charge in [-0.2, -0.15) is 0 Å². The third-order valence-corrected chi connectivity index (χ3v) is 3.02. The summed E-state index contributed by atoms with van der Waals surface area (Å²) in [4.78, 5) is 22.7. The van der Waals surface area contributed by atoms with Crippen LogP contribution >= 0.6 is 0 Å². The van der Waals surface area contributed by atoms with Crippen LogP contribution in [0.5, 0.6) is 0 Å². The van der Waals surface area contributed by atoms with Gasteiger partial charge in [-0.25, -0.2) is 0 Å². The van der Waals surface area contributed by atoms with E-state index in [1.165, 1.54) is 0 Å². The van der Waals surface area contributed by atoms with Crippen LogP contribution in [0, 0.1) is 17.8 Å². The minimum atomic E-state index is -0.901. The molecule has 1 saturated carbocycles. The quantitative estimate of drug-likeness (QED) is 0.644. The van der Waals surface area contributed by atoms with Gasteiger partial charge in [0.2, 0.25) is 5.91 Å². The minimum Gasteiger partial charge on any atom is -0.481 e. The average molecular weight is 229 g/mol. The van der Waals surface area contributed by atoms with Gasteiger partial charge in [-0.3, -0.25) is 9.59 Å². The molecule has 0 heterocycles. The highest BCUT2D eigenvalue weighted by Crippen LogP contribution is 2.36. The lowest BCUT2D eigenvalue weighted by atomic mass is 9.95. The third-order valence-electron chi connectivity index (χ3n) is 3.02. The summed E-state index contributed by atoms with van der Waals surface area (Å²) >= 11 is 0. The smallest absolute Gasteiger partial charge is 0.307 e. The first-order valence-corrected chi connectivity index (χ1v) is 5.60.